The molecule has 0 aromatic carbocycles. The van der Waals surface area contributed by atoms with Crippen molar-refractivity contribution in [1.82, 2.24) is 0 Å². The zero-order chi connectivity index (χ0) is 6.41. The number of hydrogen-bond acceptors (Lipinski definition) is 4. The van der Waals surface area contributed by atoms with Crippen molar-refractivity contribution in [2.45, 2.75) is 6.29 Å². The van der Waals surface area contributed by atoms with Crippen LogP contribution in [-0.2, 0) is 0 Å². The van der Waals surface area contributed by atoms with Gasteiger partial charge in [0.15, 0.2) is 6.29 Å². The zero-order valence-electron chi connectivity index (χ0n) is 4.41. The molecule has 0 atom stereocenters. The first kappa shape index (κ1) is 8.62. The monoisotopic (exact) mass is 153 g/mol. The van der Waals surface area contributed by atoms with Gasteiger partial charge in [-0.2, -0.15) is 0 Å². The Balaban J connectivity index is 2.72. The van der Waals surface area contributed by atoms with Crippen molar-refractivity contribution >= 4 is 21.6 Å². The smallest absolute Gasteiger partial charge is 0.161 e. The molecule has 0 unspecified atom stereocenters. The zero-order valence-corrected chi connectivity index (χ0v) is 6.04. The van der Waals surface area contributed by atoms with Gasteiger partial charge in [-0.25, -0.2) is 0 Å². The van der Waals surface area contributed by atoms with Gasteiger partial charge in [-0.15, -0.1) is 0 Å². The minimum absolute atomic E-state index is 0.361. The summed E-state index contributed by atoms with van der Waals surface area (Å²) in [4.78, 5) is 0. The van der Waals surface area contributed by atoms with Gasteiger partial charge in [-0.05, 0) is 6.92 Å². The molecule has 0 rings (SSSR count). The van der Waals surface area contributed by atoms with E-state index in [0.29, 0.717) is 5.75 Å². The molecule has 0 bridgehead atoms. The highest BCUT2D eigenvalue weighted by Crippen LogP contribution is 2.19. The number of aliphatic hydroxyl groups is 2. The molecule has 0 heterocycles. The van der Waals surface area contributed by atoms with Crippen LogP contribution in [-0.4, -0.2) is 28.0 Å². The summed E-state index contributed by atoms with van der Waals surface area (Å²) in [5.74, 6) is 1.12. The molecule has 0 amide bonds. The number of hydrogen-bond donors (Lipinski definition) is 2. The van der Waals surface area contributed by atoms with E-state index < -0.39 is 6.29 Å². The van der Waals surface area contributed by atoms with Crippen molar-refractivity contribution in [3.63, 3.8) is 0 Å². The summed E-state index contributed by atoms with van der Waals surface area (Å²) in [7, 11) is 2.94. The summed E-state index contributed by atoms with van der Waals surface area (Å²) in [6.45, 7) is 3.56. The Bertz CT molecular complexity index is 49.3. The van der Waals surface area contributed by atoms with Crippen molar-refractivity contribution < 1.29 is 10.2 Å². The maximum Gasteiger partial charge on any atom is 0.161 e. The molecule has 4 heteroatoms. The predicted octanol–water partition coefficient (Wildman–Crippen LogP) is 0.513. The molecule has 1 radical (unpaired) electrons. The molecule has 0 aromatic heterocycles. The van der Waals surface area contributed by atoms with E-state index in [0.717, 1.165) is 5.75 Å². The molecule has 8 heavy (non-hydrogen) atoms. The highest BCUT2D eigenvalue weighted by atomic mass is 33.1. The Morgan fingerprint density at radius 3 is 2.38 bits per heavy atom. The van der Waals surface area contributed by atoms with Crippen LogP contribution in [0.3, 0.4) is 0 Å². The third kappa shape index (κ3) is 6.62. The third-order valence-electron chi connectivity index (χ3n) is 0.384. The number of rotatable bonds is 4. The van der Waals surface area contributed by atoms with E-state index in [-0.39, 0.29) is 0 Å². The highest BCUT2D eigenvalue weighted by molar-refractivity contribution is 8.76. The summed E-state index contributed by atoms with van der Waals surface area (Å²) in [5, 5.41) is 16.6. The lowest BCUT2D eigenvalue weighted by atomic mass is 10.8. The van der Waals surface area contributed by atoms with Gasteiger partial charge >= 0.3 is 0 Å². The molecule has 0 aliphatic carbocycles. The highest BCUT2D eigenvalue weighted by Gasteiger charge is 1.94. The van der Waals surface area contributed by atoms with Gasteiger partial charge in [0.1, 0.15) is 0 Å². The van der Waals surface area contributed by atoms with Crippen molar-refractivity contribution in [2.75, 3.05) is 11.5 Å². The lowest BCUT2D eigenvalue weighted by Gasteiger charge is -1.98. The second-order valence-electron chi connectivity index (χ2n) is 1.09. The van der Waals surface area contributed by atoms with Crippen molar-refractivity contribution in [1.29, 1.82) is 0 Å². The Morgan fingerprint density at radius 2 is 2.00 bits per heavy atom. The maximum atomic E-state index is 8.28. The van der Waals surface area contributed by atoms with E-state index >= 15 is 0 Å². The van der Waals surface area contributed by atoms with Gasteiger partial charge in [0, 0.05) is 5.75 Å². The quantitative estimate of drug-likeness (QED) is 0.351. The van der Waals surface area contributed by atoms with E-state index in [9.17, 15) is 0 Å². The van der Waals surface area contributed by atoms with Crippen LogP contribution >= 0.6 is 21.6 Å². The summed E-state index contributed by atoms with van der Waals surface area (Å²) >= 11 is 0. The molecule has 0 aromatic rings. The molecule has 49 valence electrons. The van der Waals surface area contributed by atoms with Gasteiger partial charge in [-0.1, -0.05) is 21.6 Å². The van der Waals surface area contributed by atoms with Crippen LogP contribution < -0.4 is 0 Å². The summed E-state index contributed by atoms with van der Waals surface area (Å²) in [6.07, 6.45) is -1.18. The molecule has 0 saturated heterocycles. The summed E-state index contributed by atoms with van der Waals surface area (Å²) < 4.78 is 0. The predicted molar refractivity (Wildman–Crippen MR) is 38.5 cm³/mol. The molecule has 0 saturated carbocycles. The van der Waals surface area contributed by atoms with Crippen LogP contribution in [0, 0.1) is 6.92 Å². The molecular weight excluding hydrogens is 144 g/mol. The van der Waals surface area contributed by atoms with E-state index in [1.807, 2.05) is 0 Å². The van der Waals surface area contributed by atoms with Gasteiger partial charge in [0.25, 0.3) is 0 Å². The van der Waals surface area contributed by atoms with E-state index in [2.05, 4.69) is 6.92 Å². The van der Waals surface area contributed by atoms with Crippen LogP contribution in [0.25, 0.3) is 0 Å². The van der Waals surface area contributed by atoms with Crippen LogP contribution in [0.5, 0.6) is 0 Å². The minimum Gasteiger partial charge on any atom is -0.367 e. The Hall–Kier alpha value is 0.620. The summed E-state index contributed by atoms with van der Waals surface area (Å²) in [6, 6.07) is 0. The Labute approximate surface area is 57.1 Å². The molecule has 0 aliphatic heterocycles. The van der Waals surface area contributed by atoms with Gasteiger partial charge in [0.05, 0.1) is 5.75 Å². The third-order valence-corrected chi connectivity index (χ3v) is 2.56. The number of aliphatic hydroxyl groups excluding tert-OH is 1. The average molecular weight is 153 g/mol. The van der Waals surface area contributed by atoms with Gasteiger partial charge in [0.2, 0.25) is 0 Å². The first-order valence-corrected chi connectivity index (χ1v) is 4.66. The lowest BCUT2D eigenvalue weighted by Crippen LogP contribution is -2.05. The molecule has 0 spiro atoms. The summed E-state index contributed by atoms with van der Waals surface area (Å²) in [5.41, 5.74) is 0. The topological polar surface area (TPSA) is 40.5 Å². The fourth-order valence-electron chi connectivity index (χ4n) is 0.168. The van der Waals surface area contributed by atoms with Crippen LogP contribution in [0.15, 0.2) is 0 Å². The van der Waals surface area contributed by atoms with Crippen molar-refractivity contribution in [3.8, 4) is 0 Å². The maximum absolute atomic E-state index is 8.28. The minimum atomic E-state index is -1.18. The van der Waals surface area contributed by atoms with Crippen LogP contribution in [0.1, 0.15) is 0 Å². The van der Waals surface area contributed by atoms with Gasteiger partial charge in [-0.3, -0.25) is 0 Å². The second-order valence-corrected chi connectivity index (χ2v) is 3.71. The largest absolute Gasteiger partial charge is 0.367 e. The fourth-order valence-corrected chi connectivity index (χ4v) is 1.51. The van der Waals surface area contributed by atoms with E-state index in [4.69, 9.17) is 10.2 Å². The molecule has 2 nitrogen and oxygen atoms in total. The molecule has 0 fully saturated rings. The van der Waals surface area contributed by atoms with E-state index in [1.54, 1.807) is 0 Å². The van der Waals surface area contributed by atoms with Crippen molar-refractivity contribution in [3.05, 3.63) is 6.92 Å². The first-order valence-electron chi connectivity index (χ1n) is 2.17. The van der Waals surface area contributed by atoms with Gasteiger partial charge < -0.3 is 10.2 Å². The van der Waals surface area contributed by atoms with Crippen LogP contribution in [0.4, 0.5) is 0 Å². The standard InChI is InChI=1S/C4H9O2S2/c1-2-7-8-3-4(5)6/h4-6H,1-3H2. The average Bonchev–Trinajstić information content (AvgIpc) is 1.66. The van der Waals surface area contributed by atoms with Crippen molar-refractivity contribution in [2.24, 2.45) is 0 Å². The lowest BCUT2D eigenvalue weighted by molar-refractivity contribution is -0.0184. The molecule has 0 aliphatic rings. The van der Waals surface area contributed by atoms with E-state index in [1.165, 1.54) is 21.6 Å². The Morgan fingerprint density at radius 1 is 1.38 bits per heavy atom. The SMILES string of the molecule is [CH2]CSSCC(O)O. The van der Waals surface area contributed by atoms with Crippen LogP contribution in [0.2, 0.25) is 0 Å². The normalized spacial score (nSPS) is 10.5. The molecular formula is C4H9O2S2. The Kier molecular flexibility index (Phi) is 6.20. The molecule has 2 N–H and O–H groups in total. The fraction of sp³-hybridized carbons (Fsp3) is 0.750. The second kappa shape index (κ2) is 5.75. The first-order chi connectivity index (χ1) is 3.77.